The maximum absolute atomic E-state index is 10.9. The molecule has 0 saturated carbocycles. The number of carbonyl (C=O) groups is 1. The minimum Gasteiger partial charge on any atom is -0.396 e. The molecular formula is C22H40O2. The fraction of sp³-hybridized carbons (Fsp3) is 0.864. The highest BCUT2D eigenvalue weighted by Gasteiger charge is 2.18. The van der Waals surface area contributed by atoms with Crippen LogP contribution in [0.4, 0.5) is 0 Å². The second-order valence-electron chi connectivity index (χ2n) is 7.74. The molecule has 1 aliphatic rings. The Balaban J connectivity index is 1.88. The zero-order valence-electron chi connectivity index (χ0n) is 16.0. The van der Waals surface area contributed by atoms with Crippen molar-refractivity contribution in [3.05, 3.63) is 11.6 Å². The molecule has 0 aliphatic heterocycles. The predicted molar refractivity (Wildman–Crippen MR) is 103 cm³/mol. The number of unbranched alkanes of at least 4 members (excludes halogenated alkanes) is 11. The lowest BCUT2D eigenvalue weighted by atomic mass is 9.82. The molecule has 0 saturated heterocycles. The molecule has 140 valence electrons. The van der Waals surface area contributed by atoms with E-state index in [-0.39, 0.29) is 5.92 Å². The Bertz CT molecular complexity index is 335. The van der Waals surface area contributed by atoms with Gasteiger partial charge in [0.05, 0.1) is 0 Å². The average molecular weight is 337 g/mol. The zero-order valence-corrected chi connectivity index (χ0v) is 16.0. The third kappa shape index (κ3) is 10.3. The molecule has 0 heterocycles. The maximum Gasteiger partial charge on any atom is 0.126 e. The van der Waals surface area contributed by atoms with Gasteiger partial charge in [-0.25, -0.2) is 0 Å². The van der Waals surface area contributed by atoms with Crippen LogP contribution < -0.4 is 0 Å². The smallest absolute Gasteiger partial charge is 0.126 e. The van der Waals surface area contributed by atoms with E-state index in [2.05, 4.69) is 13.0 Å². The summed E-state index contributed by atoms with van der Waals surface area (Å²) in [5.74, 6) is 0.887. The SMILES string of the molecule is CC1CCC(C=O)C=C1CCCCCCCCCCCCCCO. The third-order valence-corrected chi connectivity index (χ3v) is 5.54. The monoisotopic (exact) mass is 336 g/mol. The van der Waals surface area contributed by atoms with Crippen molar-refractivity contribution < 1.29 is 9.90 Å². The highest BCUT2D eigenvalue weighted by Crippen LogP contribution is 2.30. The predicted octanol–water partition coefficient (Wildman–Crippen LogP) is 6.22. The van der Waals surface area contributed by atoms with Crippen molar-refractivity contribution >= 4 is 6.29 Å². The molecule has 0 aromatic rings. The van der Waals surface area contributed by atoms with Crippen LogP contribution in [0.3, 0.4) is 0 Å². The van der Waals surface area contributed by atoms with Crippen molar-refractivity contribution in [3.63, 3.8) is 0 Å². The van der Waals surface area contributed by atoms with Crippen LogP contribution >= 0.6 is 0 Å². The van der Waals surface area contributed by atoms with E-state index in [1.807, 2.05) is 0 Å². The number of aldehydes is 1. The summed E-state index contributed by atoms with van der Waals surface area (Å²) >= 11 is 0. The van der Waals surface area contributed by atoms with Crippen molar-refractivity contribution in [2.24, 2.45) is 11.8 Å². The number of rotatable bonds is 15. The Labute approximate surface area is 150 Å². The van der Waals surface area contributed by atoms with E-state index in [0.717, 1.165) is 19.1 Å². The normalized spacial score (nSPS) is 20.8. The van der Waals surface area contributed by atoms with Crippen LogP contribution in [0.2, 0.25) is 0 Å². The second-order valence-corrected chi connectivity index (χ2v) is 7.74. The van der Waals surface area contributed by atoms with E-state index >= 15 is 0 Å². The minimum absolute atomic E-state index is 0.194. The molecule has 2 nitrogen and oxygen atoms in total. The standard InChI is InChI=1S/C22H40O2/c1-20-15-16-21(19-24)18-22(20)14-12-10-8-6-4-2-3-5-7-9-11-13-17-23/h18-21,23H,2-17H2,1H3. The van der Waals surface area contributed by atoms with Crippen LogP contribution in [-0.2, 0) is 4.79 Å². The van der Waals surface area contributed by atoms with Crippen molar-refractivity contribution in [2.75, 3.05) is 6.61 Å². The molecule has 1 N–H and O–H groups in total. The molecule has 2 heteroatoms. The summed E-state index contributed by atoms with van der Waals surface area (Å²) in [5, 5.41) is 8.72. The summed E-state index contributed by atoms with van der Waals surface area (Å²) in [7, 11) is 0. The van der Waals surface area contributed by atoms with Gasteiger partial charge in [-0.3, -0.25) is 0 Å². The van der Waals surface area contributed by atoms with Gasteiger partial charge in [0, 0.05) is 12.5 Å². The minimum atomic E-state index is 0.194. The molecule has 0 spiro atoms. The molecular weight excluding hydrogens is 296 g/mol. The second kappa shape index (κ2) is 14.7. The van der Waals surface area contributed by atoms with E-state index in [0.29, 0.717) is 12.5 Å². The van der Waals surface area contributed by atoms with E-state index in [4.69, 9.17) is 5.11 Å². The Morgan fingerprint density at radius 3 is 1.88 bits per heavy atom. The van der Waals surface area contributed by atoms with Crippen molar-refractivity contribution in [2.45, 2.75) is 103 Å². The Morgan fingerprint density at radius 2 is 1.38 bits per heavy atom. The van der Waals surface area contributed by atoms with Crippen LogP contribution in [0.25, 0.3) is 0 Å². The molecule has 0 aromatic carbocycles. The number of hydrogen-bond donors (Lipinski definition) is 1. The van der Waals surface area contributed by atoms with Gasteiger partial charge >= 0.3 is 0 Å². The summed E-state index contributed by atoms with van der Waals surface area (Å²) in [6.45, 7) is 2.67. The van der Waals surface area contributed by atoms with E-state index in [1.165, 1.54) is 83.5 Å². The summed E-state index contributed by atoms with van der Waals surface area (Å²) in [5.41, 5.74) is 1.54. The molecule has 0 bridgehead atoms. The lowest BCUT2D eigenvalue weighted by Crippen LogP contribution is -2.12. The molecule has 2 atom stereocenters. The van der Waals surface area contributed by atoms with Crippen LogP contribution in [0.5, 0.6) is 0 Å². The molecule has 0 amide bonds. The first-order valence-corrected chi connectivity index (χ1v) is 10.5. The molecule has 24 heavy (non-hydrogen) atoms. The van der Waals surface area contributed by atoms with Gasteiger partial charge in [0.15, 0.2) is 0 Å². The number of aliphatic hydroxyl groups excluding tert-OH is 1. The van der Waals surface area contributed by atoms with Crippen LogP contribution in [0.1, 0.15) is 103 Å². The first-order valence-electron chi connectivity index (χ1n) is 10.5. The molecule has 1 aliphatic carbocycles. The van der Waals surface area contributed by atoms with Crippen molar-refractivity contribution in [1.82, 2.24) is 0 Å². The van der Waals surface area contributed by atoms with Gasteiger partial charge in [-0.15, -0.1) is 0 Å². The Morgan fingerprint density at radius 1 is 0.875 bits per heavy atom. The lowest BCUT2D eigenvalue weighted by Gasteiger charge is -2.23. The van der Waals surface area contributed by atoms with Crippen LogP contribution in [0.15, 0.2) is 11.6 Å². The van der Waals surface area contributed by atoms with Gasteiger partial charge in [-0.05, 0) is 38.0 Å². The van der Waals surface area contributed by atoms with E-state index in [1.54, 1.807) is 5.57 Å². The number of allylic oxidation sites excluding steroid dienone is 2. The van der Waals surface area contributed by atoms with Gasteiger partial charge in [0.1, 0.15) is 6.29 Å². The summed E-state index contributed by atoms with van der Waals surface area (Å²) in [6.07, 6.45) is 22.6. The quantitative estimate of drug-likeness (QED) is 0.219. The van der Waals surface area contributed by atoms with Crippen LogP contribution in [-0.4, -0.2) is 18.0 Å². The molecule has 0 aromatic heterocycles. The number of hydrogen-bond acceptors (Lipinski definition) is 2. The van der Waals surface area contributed by atoms with Gasteiger partial charge in [0.2, 0.25) is 0 Å². The first-order chi connectivity index (χ1) is 11.8. The van der Waals surface area contributed by atoms with Gasteiger partial charge in [-0.1, -0.05) is 82.8 Å². The highest BCUT2D eigenvalue weighted by atomic mass is 16.2. The Hall–Kier alpha value is -0.630. The molecule has 1 rings (SSSR count). The summed E-state index contributed by atoms with van der Waals surface area (Å²) in [4.78, 5) is 10.9. The third-order valence-electron chi connectivity index (χ3n) is 5.54. The van der Waals surface area contributed by atoms with Crippen molar-refractivity contribution in [3.8, 4) is 0 Å². The van der Waals surface area contributed by atoms with Crippen LogP contribution in [0, 0.1) is 11.8 Å². The highest BCUT2D eigenvalue weighted by molar-refractivity contribution is 5.57. The van der Waals surface area contributed by atoms with Crippen molar-refractivity contribution in [1.29, 1.82) is 0 Å². The van der Waals surface area contributed by atoms with E-state index in [9.17, 15) is 4.79 Å². The lowest BCUT2D eigenvalue weighted by molar-refractivity contribution is -0.110. The molecule has 0 radical (unpaired) electrons. The van der Waals surface area contributed by atoms with Gasteiger partial charge in [-0.2, -0.15) is 0 Å². The summed E-state index contributed by atoms with van der Waals surface area (Å²) < 4.78 is 0. The number of aliphatic hydroxyl groups is 1. The fourth-order valence-corrected chi connectivity index (χ4v) is 3.80. The topological polar surface area (TPSA) is 37.3 Å². The van der Waals surface area contributed by atoms with Gasteiger partial charge in [0.25, 0.3) is 0 Å². The summed E-state index contributed by atoms with van der Waals surface area (Å²) in [6, 6.07) is 0. The maximum atomic E-state index is 10.9. The average Bonchev–Trinajstić information content (AvgIpc) is 2.60. The molecule has 0 fully saturated rings. The van der Waals surface area contributed by atoms with Gasteiger partial charge < -0.3 is 9.90 Å². The molecule has 2 unspecified atom stereocenters. The van der Waals surface area contributed by atoms with E-state index < -0.39 is 0 Å². The number of carbonyl (C=O) groups excluding carboxylic acids is 1. The fourth-order valence-electron chi connectivity index (χ4n) is 3.80. The zero-order chi connectivity index (χ0) is 17.5. The largest absolute Gasteiger partial charge is 0.396 e. The first kappa shape index (κ1) is 21.4. The Kier molecular flexibility index (Phi) is 13.1.